The molecule has 8 heterocycles. The zero-order chi connectivity index (χ0) is 44.6. The summed E-state index contributed by atoms with van der Waals surface area (Å²) in [5, 5.41) is 9.36. The SMILES string of the molecule is COCCN1CC[C@@]2(C[C@@H]2C(=O)Nc2cc3cc(-c4cnccc4C)nc(N)c3cn2)C1.COCCN1CC[C@]2(C[C@H]2C(=O)Nc2cc3cc(-c4cnccc4C)nc(N)c3cn2)C1. The highest BCUT2D eigenvalue weighted by atomic mass is 16.5. The Morgan fingerprint density at radius 2 is 1.12 bits per heavy atom. The second kappa shape index (κ2) is 17.8. The van der Waals surface area contributed by atoms with Crippen LogP contribution in [0, 0.1) is 36.5 Å². The van der Waals surface area contributed by atoms with Gasteiger partial charge in [-0.2, -0.15) is 0 Å². The molecule has 10 rings (SSSR count). The molecule has 16 heteroatoms. The first-order chi connectivity index (χ1) is 31.0. The summed E-state index contributed by atoms with van der Waals surface area (Å²) in [6, 6.07) is 11.6. The summed E-state index contributed by atoms with van der Waals surface area (Å²) in [5.41, 5.74) is 18.2. The Hall–Kier alpha value is -6.20. The van der Waals surface area contributed by atoms with E-state index in [0.717, 1.165) is 133 Å². The number of fused-ring (bicyclic) bond motifs is 2. The van der Waals surface area contributed by atoms with Gasteiger partial charge in [0.2, 0.25) is 11.8 Å². The fraction of sp³-hybridized carbons (Fsp3) is 0.417. The zero-order valence-electron chi connectivity index (χ0n) is 36.9. The average Bonchev–Trinajstić information content (AvgIpc) is 4.07. The molecule has 2 saturated heterocycles. The van der Waals surface area contributed by atoms with Crippen LogP contribution in [-0.2, 0) is 19.1 Å². The number of hydrogen-bond acceptors (Lipinski definition) is 14. The van der Waals surface area contributed by atoms with Gasteiger partial charge in [0.1, 0.15) is 23.3 Å². The summed E-state index contributed by atoms with van der Waals surface area (Å²) in [6.07, 6.45) is 14.5. The molecule has 0 unspecified atom stereocenters. The third-order valence-electron chi connectivity index (χ3n) is 13.8. The maximum absolute atomic E-state index is 13.0. The van der Waals surface area contributed by atoms with E-state index in [9.17, 15) is 9.59 Å². The third-order valence-corrected chi connectivity index (χ3v) is 13.8. The molecule has 16 nitrogen and oxygen atoms in total. The minimum absolute atomic E-state index is 0.0451. The summed E-state index contributed by atoms with van der Waals surface area (Å²) in [6.45, 7) is 11.3. The number of methoxy groups -OCH3 is 2. The van der Waals surface area contributed by atoms with E-state index >= 15 is 0 Å². The molecule has 6 aromatic rings. The van der Waals surface area contributed by atoms with Crippen LogP contribution in [0.15, 0.2) is 73.6 Å². The molecule has 0 bridgehead atoms. The average molecular weight is 865 g/mol. The number of hydrogen-bond donors (Lipinski definition) is 4. The van der Waals surface area contributed by atoms with Gasteiger partial charge < -0.3 is 41.4 Å². The molecule has 0 aromatic carbocycles. The fourth-order valence-electron chi connectivity index (χ4n) is 9.78. The number of aromatic nitrogens is 6. The zero-order valence-corrected chi connectivity index (χ0v) is 36.9. The van der Waals surface area contributed by atoms with Crippen LogP contribution in [0.25, 0.3) is 44.1 Å². The minimum Gasteiger partial charge on any atom is -0.383 e. The van der Waals surface area contributed by atoms with Crippen molar-refractivity contribution in [2.45, 2.75) is 39.5 Å². The van der Waals surface area contributed by atoms with E-state index in [1.54, 1.807) is 51.4 Å². The quantitative estimate of drug-likeness (QED) is 0.115. The van der Waals surface area contributed by atoms with Crippen LogP contribution in [0.3, 0.4) is 0 Å². The van der Waals surface area contributed by atoms with Gasteiger partial charge >= 0.3 is 0 Å². The van der Waals surface area contributed by atoms with Gasteiger partial charge in [0.25, 0.3) is 0 Å². The number of nitrogens with zero attached hydrogens (tertiary/aromatic N) is 8. The second-order valence-electron chi connectivity index (χ2n) is 18.0. The van der Waals surface area contributed by atoms with Crippen molar-refractivity contribution in [3.05, 3.63) is 84.7 Å². The smallest absolute Gasteiger partial charge is 0.229 e. The van der Waals surface area contributed by atoms with Crippen molar-refractivity contribution in [2.75, 3.05) is 88.8 Å². The molecule has 332 valence electrons. The molecule has 4 aliphatic rings. The maximum atomic E-state index is 13.0. The summed E-state index contributed by atoms with van der Waals surface area (Å²) in [5.74, 6) is 2.10. The highest BCUT2D eigenvalue weighted by Crippen LogP contribution is 2.59. The number of aryl methyl sites for hydroxylation is 2. The van der Waals surface area contributed by atoms with Crippen molar-refractivity contribution < 1.29 is 19.1 Å². The van der Waals surface area contributed by atoms with Gasteiger partial charge in [0.05, 0.1) is 24.6 Å². The first-order valence-corrected chi connectivity index (χ1v) is 22.0. The molecular weight excluding hydrogens is 809 g/mol. The van der Waals surface area contributed by atoms with Crippen molar-refractivity contribution in [2.24, 2.45) is 22.7 Å². The number of amides is 2. The Labute approximate surface area is 372 Å². The van der Waals surface area contributed by atoms with Gasteiger partial charge in [-0.25, -0.2) is 19.9 Å². The van der Waals surface area contributed by atoms with E-state index < -0.39 is 0 Å². The number of nitrogens with two attached hydrogens (primary N) is 2. The number of pyridine rings is 6. The maximum Gasteiger partial charge on any atom is 0.229 e. The number of carbonyl (C=O) groups is 2. The Morgan fingerprint density at radius 1 is 0.688 bits per heavy atom. The van der Waals surface area contributed by atoms with E-state index in [2.05, 4.69) is 50.3 Å². The van der Waals surface area contributed by atoms with Crippen molar-refractivity contribution in [3.8, 4) is 22.5 Å². The van der Waals surface area contributed by atoms with Crippen molar-refractivity contribution in [1.29, 1.82) is 0 Å². The van der Waals surface area contributed by atoms with E-state index in [4.69, 9.17) is 20.9 Å². The Balaban J connectivity index is 0.000000162. The Morgan fingerprint density at radius 3 is 1.53 bits per heavy atom. The summed E-state index contributed by atoms with van der Waals surface area (Å²) in [7, 11) is 3.45. The number of rotatable bonds is 12. The molecule has 2 amide bonds. The first kappa shape index (κ1) is 43.1. The lowest BCUT2D eigenvalue weighted by Gasteiger charge is -2.15. The Kier molecular flexibility index (Phi) is 11.9. The molecule has 64 heavy (non-hydrogen) atoms. The van der Waals surface area contributed by atoms with Gasteiger partial charge in [-0.15, -0.1) is 0 Å². The molecule has 6 aromatic heterocycles. The van der Waals surface area contributed by atoms with Crippen LogP contribution >= 0.6 is 0 Å². The lowest BCUT2D eigenvalue weighted by atomic mass is 10.0. The highest BCUT2D eigenvalue weighted by molar-refractivity contribution is 6.00. The van der Waals surface area contributed by atoms with E-state index in [0.29, 0.717) is 23.3 Å². The number of anilines is 4. The van der Waals surface area contributed by atoms with Gasteiger partial charge in [0.15, 0.2) is 0 Å². The van der Waals surface area contributed by atoms with E-state index in [-0.39, 0.29) is 34.5 Å². The summed E-state index contributed by atoms with van der Waals surface area (Å²) in [4.78, 5) is 57.0. The molecule has 6 N–H and O–H groups in total. The summed E-state index contributed by atoms with van der Waals surface area (Å²) >= 11 is 0. The van der Waals surface area contributed by atoms with Crippen LogP contribution in [0.5, 0.6) is 0 Å². The molecule has 0 radical (unpaired) electrons. The fourth-order valence-corrected chi connectivity index (χ4v) is 9.78. The number of nitrogen functional groups attached to an aromatic ring is 2. The van der Waals surface area contributed by atoms with Crippen LogP contribution in [0.1, 0.15) is 36.8 Å². The number of likely N-dealkylation sites (tertiary alicyclic amines) is 2. The van der Waals surface area contributed by atoms with Crippen molar-refractivity contribution in [3.63, 3.8) is 0 Å². The van der Waals surface area contributed by atoms with Crippen molar-refractivity contribution >= 4 is 56.6 Å². The van der Waals surface area contributed by atoms with Crippen LogP contribution in [0.4, 0.5) is 23.3 Å². The lowest BCUT2D eigenvalue weighted by molar-refractivity contribution is -0.118. The molecule has 2 saturated carbocycles. The van der Waals surface area contributed by atoms with Gasteiger partial charge in [0, 0.05) is 111 Å². The summed E-state index contributed by atoms with van der Waals surface area (Å²) < 4.78 is 10.4. The monoisotopic (exact) mass is 864 g/mol. The second-order valence-corrected chi connectivity index (χ2v) is 18.0. The highest BCUT2D eigenvalue weighted by Gasteiger charge is 2.61. The third kappa shape index (κ3) is 8.82. The molecular formula is C48H56N12O4. The molecule has 4 atom stereocenters. The van der Waals surface area contributed by atoms with Crippen LogP contribution in [0.2, 0.25) is 0 Å². The van der Waals surface area contributed by atoms with E-state index in [1.165, 1.54) is 0 Å². The molecule has 4 fully saturated rings. The lowest BCUT2D eigenvalue weighted by Crippen LogP contribution is -2.26. The standard InChI is InChI=1S/2C24H28N6O2/c2*1-15-3-5-26-12-17(15)20-9-16-10-21(27-13-18(16)22(25)28-20)29-23(31)19-11-24(19)4-6-30(14-24)7-8-32-2/h2*3,5,9-10,12-13,19H,4,6-8,11,14H2,1-2H3,(H2,25,28)(H,27,29,31)/t2*19-,24-/m10/s1. The largest absolute Gasteiger partial charge is 0.383 e. The molecule has 2 spiro atoms. The van der Waals surface area contributed by atoms with Crippen LogP contribution < -0.4 is 22.1 Å². The number of nitrogens with one attached hydrogen (secondary N) is 2. The number of carbonyl (C=O) groups excluding carboxylic acids is 2. The minimum atomic E-state index is 0.0451. The normalized spacial score (nSPS) is 22.5. The molecule has 2 aliphatic heterocycles. The topological polar surface area (TPSA) is 213 Å². The van der Waals surface area contributed by atoms with Crippen LogP contribution in [-0.4, -0.2) is 118 Å². The van der Waals surface area contributed by atoms with Gasteiger partial charge in [-0.05, 0) is 122 Å². The van der Waals surface area contributed by atoms with Crippen molar-refractivity contribution in [1.82, 2.24) is 39.7 Å². The van der Waals surface area contributed by atoms with Gasteiger partial charge in [-0.3, -0.25) is 19.6 Å². The number of ether oxygens (including phenoxy) is 2. The van der Waals surface area contributed by atoms with Gasteiger partial charge in [-0.1, -0.05) is 0 Å². The molecule has 2 aliphatic carbocycles. The first-order valence-electron chi connectivity index (χ1n) is 22.0. The van der Waals surface area contributed by atoms with E-state index in [1.807, 2.05) is 50.2 Å². The Bertz CT molecular complexity index is 2550. The predicted molar refractivity (Wildman–Crippen MR) is 248 cm³/mol. The predicted octanol–water partition coefficient (Wildman–Crippen LogP) is 5.76.